The summed E-state index contributed by atoms with van der Waals surface area (Å²) in [6.07, 6.45) is 72.1. The highest BCUT2D eigenvalue weighted by atomic mass is 16.7. The number of unbranched alkanes of at least 4 members (excludes halogenated alkanes) is 50. The third-order valence-corrected chi connectivity index (χ3v) is 20.0. The highest BCUT2D eigenvalue weighted by Gasteiger charge is 2.51. The highest BCUT2D eigenvalue weighted by molar-refractivity contribution is 5.76. The fourth-order valence-electron chi connectivity index (χ4n) is 13.5. The van der Waals surface area contributed by atoms with Gasteiger partial charge in [-0.05, 0) is 64.2 Å². The molecule has 564 valence electrons. The summed E-state index contributed by atoms with van der Waals surface area (Å²) < 4.78 is 22.9. The molecule has 2 rings (SSSR count). The molecule has 0 aromatic rings. The topological polar surface area (TPSA) is 228 Å². The van der Waals surface area contributed by atoms with Crippen LogP contribution in [0, 0.1) is 0 Å². The van der Waals surface area contributed by atoms with Gasteiger partial charge in [0.05, 0.1) is 32.0 Å². The number of carbonyl (C=O) groups excluding carboxylic acids is 1. The van der Waals surface area contributed by atoms with E-state index in [9.17, 15) is 45.6 Å². The molecular weight excluding hydrogens is 1210 g/mol. The average Bonchev–Trinajstić information content (AvgIpc) is 0.806. The van der Waals surface area contributed by atoms with E-state index < -0.39 is 86.8 Å². The van der Waals surface area contributed by atoms with E-state index >= 15 is 0 Å². The summed E-state index contributed by atoms with van der Waals surface area (Å²) >= 11 is 0. The van der Waals surface area contributed by atoms with Crippen LogP contribution in [0.1, 0.15) is 373 Å². The number of rotatable bonds is 69. The Morgan fingerprint density at radius 2 is 0.698 bits per heavy atom. The number of amides is 1. The maximum Gasteiger partial charge on any atom is 0.220 e. The van der Waals surface area contributed by atoms with Crippen LogP contribution in [0.5, 0.6) is 0 Å². The van der Waals surface area contributed by atoms with Crippen molar-refractivity contribution in [3.8, 4) is 0 Å². The van der Waals surface area contributed by atoms with Gasteiger partial charge < -0.3 is 65.1 Å². The fraction of sp³-hybridized carbons (Fsp3) is 0.890. The Hall–Kier alpha value is -2.05. The summed E-state index contributed by atoms with van der Waals surface area (Å²) in [4.78, 5) is 13.4. The number of allylic oxidation sites excluding steroid dienone is 7. The van der Waals surface area contributed by atoms with Crippen molar-refractivity contribution in [2.75, 3.05) is 19.8 Å². The molecule has 1 amide bonds. The number of ether oxygens (including phenoxy) is 4. The van der Waals surface area contributed by atoms with Crippen LogP contribution in [-0.2, 0) is 23.7 Å². The van der Waals surface area contributed by atoms with Crippen molar-refractivity contribution in [2.24, 2.45) is 0 Å². The maximum absolute atomic E-state index is 13.4. The molecule has 2 saturated heterocycles. The van der Waals surface area contributed by atoms with Gasteiger partial charge in [-0.1, -0.05) is 351 Å². The van der Waals surface area contributed by atoms with Gasteiger partial charge in [-0.15, -0.1) is 0 Å². The van der Waals surface area contributed by atoms with Crippen LogP contribution < -0.4 is 5.32 Å². The molecule has 0 aromatic carbocycles. The van der Waals surface area contributed by atoms with E-state index in [1.54, 1.807) is 6.08 Å². The second kappa shape index (κ2) is 66.2. The van der Waals surface area contributed by atoms with Gasteiger partial charge in [0.2, 0.25) is 5.91 Å². The summed E-state index contributed by atoms with van der Waals surface area (Å²) in [6.45, 7) is 2.83. The summed E-state index contributed by atoms with van der Waals surface area (Å²) in [5.41, 5.74) is 0. The molecule has 96 heavy (non-hydrogen) atoms. The predicted molar refractivity (Wildman–Crippen MR) is 397 cm³/mol. The Bertz CT molecular complexity index is 1800. The van der Waals surface area contributed by atoms with Gasteiger partial charge in [0.25, 0.3) is 0 Å². The van der Waals surface area contributed by atoms with E-state index in [2.05, 4.69) is 55.6 Å². The quantitative estimate of drug-likeness (QED) is 0.0204. The number of aliphatic hydroxyl groups is 8. The highest BCUT2D eigenvalue weighted by Crippen LogP contribution is 2.30. The minimum Gasteiger partial charge on any atom is -0.394 e. The zero-order valence-electron chi connectivity index (χ0n) is 61.9. The van der Waals surface area contributed by atoms with Gasteiger partial charge in [-0.3, -0.25) is 4.79 Å². The first-order valence-corrected chi connectivity index (χ1v) is 40.9. The number of carbonyl (C=O) groups is 1. The van der Waals surface area contributed by atoms with Gasteiger partial charge in [0.15, 0.2) is 12.6 Å². The Balaban J connectivity index is 1.58. The van der Waals surface area contributed by atoms with Gasteiger partial charge in [-0.25, -0.2) is 0 Å². The van der Waals surface area contributed by atoms with Gasteiger partial charge in [-0.2, -0.15) is 0 Å². The van der Waals surface area contributed by atoms with E-state index in [-0.39, 0.29) is 18.9 Å². The van der Waals surface area contributed by atoms with E-state index in [0.717, 1.165) is 38.5 Å². The number of aliphatic hydroxyl groups excluding tert-OH is 8. The lowest BCUT2D eigenvalue weighted by atomic mass is 9.97. The molecule has 2 heterocycles. The largest absolute Gasteiger partial charge is 0.394 e. The molecule has 2 aliphatic heterocycles. The molecule has 14 heteroatoms. The minimum atomic E-state index is -1.79. The Labute approximate surface area is 588 Å². The zero-order chi connectivity index (χ0) is 69.4. The second-order valence-corrected chi connectivity index (χ2v) is 28.9. The standard InChI is InChI=1S/C82H153NO13/c1-3-5-7-9-11-13-15-17-19-21-23-25-27-28-29-30-31-32-33-34-35-36-37-38-39-40-41-42-44-46-48-50-52-54-56-58-60-62-64-66-74(87)83-70(69-93-81-79(92)77(90)80(73(68-85)95-81)96-82-78(91)76(89)75(88)72(67-84)94-82)71(86)65-63-61-59-57-55-53-51-49-47-45-43-26-24-22-20-18-16-14-12-10-8-6-4-2/h15,17,21,23,55,57,63,65,70-73,75-82,84-86,88-92H,3-14,16,18-20,22,24-54,56,58-62,64,66-69H2,1-2H3,(H,83,87)/b17-15-,23-21-,57-55+,65-63+. The molecule has 0 aromatic heterocycles. The van der Waals surface area contributed by atoms with Crippen LogP contribution in [0.15, 0.2) is 48.6 Å². The molecule has 2 aliphatic rings. The fourth-order valence-corrected chi connectivity index (χ4v) is 13.5. The smallest absolute Gasteiger partial charge is 0.220 e. The van der Waals surface area contributed by atoms with Crippen LogP contribution in [-0.4, -0.2) is 140 Å². The molecule has 2 fully saturated rings. The molecule has 9 N–H and O–H groups in total. The maximum atomic E-state index is 13.4. The lowest BCUT2D eigenvalue weighted by molar-refractivity contribution is -0.359. The Morgan fingerprint density at radius 1 is 0.375 bits per heavy atom. The van der Waals surface area contributed by atoms with Crippen molar-refractivity contribution in [2.45, 2.75) is 447 Å². The lowest BCUT2D eigenvalue weighted by Gasteiger charge is -2.46. The lowest BCUT2D eigenvalue weighted by Crippen LogP contribution is -2.65. The van der Waals surface area contributed by atoms with E-state index in [4.69, 9.17) is 18.9 Å². The molecule has 0 saturated carbocycles. The number of nitrogens with one attached hydrogen (secondary N) is 1. The number of hydrogen-bond acceptors (Lipinski definition) is 13. The van der Waals surface area contributed by atoms with Crippen LogP contribution in [0.25, 0.3) is 0 Å². The first-order chi connectivity index (χ1) is 47.1. The SMILES string of the molecule is CCCCCCC/C=C\C/C=C\CCCCCCCCCCCCCCCCCCCCCCCCCCCCCC(=O)NC(COC1OC(CO)C(OC2OC(CO)C(O)C(O)C2O)C(O)C1O)C(O)/C=C/CC/C=C/CCCCCCCCCCCCCCCCCCC. The predicted octanol–water partition coefficient (Wildman–Crippen LogP) is 18.6. The van der Waals surface area contributed by atoms with Crippen LogP contribution in [0.3, 0.4) is 0 Å². The van der Waals surface area contributed by atoms with Gasteiger partial charge in [0.1, 0.15) is 48.8 Å². The molecule has 0 bridgehead atoms. The summed E-state index contributed by atoms with van der Waals surface area (Å²) in [5.74, 6) is -0.241. The molecule has 12 unspecified atom stereocenters. The van der Waals surface area contributed by atoms with Crippen molar-refractivity contribution in [1.29, 1.82) is 0 Å². The monoisotopic (exact) mass is 1360 g/mol. The second-order valence-electron chi connectivity index (χ2n) is 28.9. The van der Waals surface area contributed by atoms with E-state index in [1.165, 1.54) is 302 Å². The third-order valence-electron chi connectivity index (χ3n) is 20.0. The Morgan fingerprint density at radius 3 is 1.08 bits per heavy atom. The van der Waals surface area contributed by atoms with E-state index in [1.807, 2.05) is 6.08 Å². The molecular formula is C82H153NO13. The van der Waals surface area contributed by atoms with Crippen molar-refractivity contribution >= 4 is 5.91 Å². The van der Waals surface area contributed by atoms with Crippen molar-refractivity contribution < 1.29 is 64.6 Å². The average molecular weight is 1360 g/mol. The summed E-state index contributed by atoms with van der Waals surface area (Å²) in [7, 11) is 0. The Kier molecular flexibility index (Phi) is 62.1. The van der Waals surface area contributed by atoms with E-state index in [0.29, 0.717) is 12.8 Å². The summed E-state index contributed by atoms with van der Waals surface area (Å²) in [6, 6.07) is -0.932. The molecule has 12 atom stereocenters. The van der Waals surface area contributed by atoms with Gasteiger partial charge >= 0.3 is 0 Å². The van der Waals surface area contributed by atoms with Crippen LogP contribution in [0.2, 0.25) is 0 Å². The molecule has 14 nitrogen and oxygen atoms in total. The summed E-state index contributed by atoms with van der Waals surface area (Å²) in [5, 5.41) is 87.6. The normalized spacial score (nSPS) is 22.4. The van der Waals surface area contributed by atoms with Gasteiger partial charge in [0, 0.05) is 6.42 Å². The molecule has 0 spiro atoms. The van der Waals surface area contributed by atoms with Crippen molar-refractivity contribution in [3.05, 3.63) is 48.6 Å². The molecule has 0 aliphatic carbocycles. The minimum absolute atomic E-state index is 0.241. The zero-order valence-corrected chi connectivity index (χ0v) is 61.9. The molecule has 0 radical (unpaired) electrons. The number of hydrogen-bond donors (Lipinski definition) is 9. The van der Waals surface area contributed by atoms with Crippen LogP contribution >= 0.6 is 0 Å². The van der Waals surface area contributed by atoms with Crippen LogP contribution in [0.4, 0.5) is 0 Å². The third kappa shape index (κ3) is 48.7. The van der Waals surface area contributed by atoms with Crippen molar-refractivity contribution in [1.82, 2.24) is 5.32 Å². The first kappa shape index (κ1) is 90.0. The van der Waals surface area contributed by atoms with Crippen molar-refractivity contribution in [3.63, 3.8) is 0 Å². The first-order valence-electron chi connectivity index (χ1n) is 40.9.